The summed E-state index contributed by atoms with van der Waals surface area (Å²) >= 11 is 5.07. The number of amides is 1. The Kier molecular flexibility index (Phi) is 6.65. The van der Waals surface area contributed by atoms with Crippen molar-refractivity contribution in [3.63, 3.8) is 0 Å². The van der Waals surface area contributed by atoms with Crippen LogP contribution in [0.1, 0.15) is 40.0 Å². The third kappa shape index (κ3) is 5.25. The summed E-state index contributed by atoms with van der Waals surface area (Å²) < 4.78 is 0. The van der Waals surface area contributed by atoms with Gasteiger partial charge in [-0.2, -0.15) is 0 Å². The van der Waals surface area contributed by atoms with Crippen LogP contribution in [0.5, 0.6) is 5.75 Å². The molecule has 3 rings (SSSR count). The molecule has 1 amide bonds. The molecule has 0 spiro atoms. The second-order valence-corrected chi connectivity index (χ2v) is 7.36. The van der Waals surface area contributed by atoms with Crippen molar-refractivity contribution in [2.24, 2.45) is 0 Å². The van der Waals surface area contributed by atoms with Crippen molar-refractivity contribution in [2.45, 2.75) is 19.3 Å². The van der Waals surface area contributed by atoms with Gasteiger partial charge in [0.2, 0.25) is 0 Å². The lowest BCUT2D eigenvalue weighted by Gasteiger charge is -2.28. The number of aromatic carboxylic acids is 1. The third-order valence-electron chi connectivity index (χ3n) is 4.84. The summed E-state index contributed by atoms with van der Waals surface area (Å²) in [6.07, 6.45) is 3.01. The highest BCUT2D eigenvalue weighted by Crippen LogP contribution is 2.31. The second kappa shape index (κ2) is 9.39. The minimum atomic E-state index is -1.28. The molecule has 2 aromatic rings. The number of anilines is 2. The Balaban J connectivity index is 1.71. The molecule has 1 fully saturated rings. The smallest absolute Gasteiger partial charge is 0.339 e. The molecule has 0 saturated carbocycles. The normalized spacial score (nSPS) is 13.4. The van der Waals surface area contributed by atoms with Crippen molar-refractivity contribution >= 4 is 46.3 Å². The summed E-state index contributed by atoms with van der Waals surface area (Å²) in [7, 11) is 0. The summed E-state index contributed by atoms with van der Waals surface area (Å²) in [5.74, 6) is -2.39. The van der Waals surface area contributed by atoms with Crippen molar-refractivity contribution < 1.29 is 24.7 Å². The highest BCUT2D eigenvalue weighted by Gasteiger charge is 2.23. The zero-order chi connectivity index (χ0) is 22.5. The summed E-state index contributed by atoms with van der Waals surface area (Å²) in [6.45, 7) is 1.46. The van der Waals surface area contributed by atoms with Gasteiger partial charge in [0.25, 0.3) is 11.6 Å². The van der Waals surface area contributed by atoms with Crippen LogP contribution >= 0.6 is 12.2 Å². The number of thiocarbonyl (C=S) groups is 1. The molecule has 0 aromatic heterocycles. The summed E-state index contributed by atoms with van der Waals surface area (Å²) in [6, 6.07) is 8.00. The number of nitrogens with zero attached hydrogens (tertiary/aromatic N) is 2. The number of carboxylic acid groups (broad SMARTS) is 1. The number of hydrogen-bond donors (Lipinski definition) is 4. The number of piperidine rings is 1. The lowest BCUT2D eigenvalue weighted by molar-refractivity contribution is -0.384. The van der Waals surface area contributed by atoms with E-state index < -0.39 is 22.5 Å². The Morgan fingerprint density at radius 2 is 1.81 bits per heavy atom. The van der Waals surface area contributed by atoms with Gasteiger partial charge in [-0.25, -0.2) is 4.79 Å². The molecule has 10 nitrogen and oxygen atoms in total. The number of carboxylic acids is 1. The van der Waals surface area contributed by atoms with E-state index in [4.69, 9.17) is 17.3 Å². The van der Waals surface area contributed by atoms with Crippen molar-refractivity contribution in [3.8, 4) is 5.75 Å². The fourth-order valence-corrected chi connectivity index (χ4v) is 3.55. The number of carbonyl (C=O) groups excluding carboxylic acids is 1. The minimum absolute atomic E-state index is 0.0701. The largest absolute Gasteiger partial charge is 0.507 e. The quantitative estimate of drug-likeness (QED) is 0.310. The van der Waals surface area contributed by atoms with Crippen LogP contribution in [0, 0.1) is 10.1 Å². The van der Waals surface area contributed by atoms with Gasteiger partial charge in [-0.1, -0.05) is 0 Å². The lowest BCUT2D eigenvalue weighted by atomic mass is 10.1. The molecule has 1 heterocycles. The predicted molar refractivity (Wildman–Crippen MR) is 118 cm³/mol. The van der Waals surface area contributed by atoms with Crippen LogP contribution in [-0.2, 0) is 0 Å². The van der Waals surface area contributed by atoms with Gasteiger partial charge in [0.15, 0.2) is 5.11 Å². The van der Waals surface area contributed by atoms with Crippen LogP contribution in [0.4, 0.5) is 17.1 Å². The molecule has 0 unspecified atom stereocenters. The molecule has 31 heavy (non-hydrogen) atoms. The van der Waals surface area contributed by atoms with Gasteiger partial charge in [0.1, 0.15) is 17.0 Å². The number of nitro groups is 1. The SMILES string of the molecule is O=C(NC(=S)Nc1ccc(C(=O)O)c(O)c1)c1ccc(N2CCCCC2)c([N+](=O)[O-])c1. The average molecular weight is 444 g/mol. The van der Waals surface area contributed by atoms with Gasteiger partial charge in [-0.3, -0.25) is 20.2 Å². The monoisotopic (exact) mass is 444 g/mol. The molecule has 0 radical (unpaired) electrons. The van der Waals surface area contributed by atoms with Gasteiger partial charge >= 0.3 is 5.97 Å². The first-order valence-electron chi connectivity index (χ1n) is 9.48. The van der Waals surface area contributed by atoms with Crippen LogP contribution in [0.3, 0.4) is 0 Å². The molecule has 0 bridgehead atoms. The van der Waals surface area contributed by atoms with E-state index in [9.17, 15) is 24.8 Å². The van der Waals surface area contributed by atoms with E-state index in [1.807, 2.05) is 4.90 Å². The Hall–Kier alpha value is -3.73. The van der Waals surface area contributed by atoms with Gasteiger partial charge in [0.05, 0.1) is 4.92 Å². The van der Waals surface area contributed by atoms with Crippen LogP contribution in [0.25, 0.3) is 0 Å². The minimum Gasteiger partial charge on any atom is -0.507 e. The molecule has 11 heteroatoms. The van der Waals surface area contributed by atoms with Crippen LogP contribution in [0.15, 0.2) is 36.4 Å². The third-order valence-corrected chi connectivity index (χ3v) is 5.05. The van der Waals surface area contributed by atoms with Crippen molar-refractivity contribution in [3.05, 3.63) is 57.6 Å². The van der Waals surface area contributed by atoms with E-state index in [0.29, 0.717) is 5.69 Å². The molecule has 0 aliphatic carbocycles. The van der Waals surface area contributed by atoms with E-state index in [1.165, 1.54) is 24.3 Å². The fourth-order valence-electron chi connectivity index (χ4n) is 3.34. The molecule has 1 saturated heterocycles. The van der Waals surface area contributed by atoms with Crippen molar-refractivity contribution in [1.29, 1.82) is 0 Å². The van der Waals surface area contributed by atoms with Gasteiger partial charge in [-0.15, -0.1) is 0 Å². The second-order valence-electron chi connectivity index (χ2n) is 6.95. The molecule has 2 aromatic carbocycles. The van der Waals surface area contributed by atoms with Gasteiger partial charge in [0, 0.05) is 36.5 Å². The highest BCUT2D eigenvalue weighted by atomic mass is 32.1. The van der Waals surface area contributed by atoms with Crippen LogP contribution < -0.4 is 15.5 Å². The zero-order valence-corrected chi connectivity index (χ0v) is 17.1. The molecular formula is C20H20N4O6S. The number of phenols is 1. The van der Waals surface area contributed by atoms with E-state index in [-0.39, 0.29) is 27.6 Å². The summed E-state index contributed by atoms with van der Waals surface area (Å²) in [5.41, 5.74) is 0.389. The summed E-state index contributed by atoms with van der Waals surface area (Å²) in [5, 5.41) is 35.2. The van der Waals surface area contributed by atoms with Gasteiger partial charge in [-0.05, 0) is 55.7 Å². The Morgan fingerprint density at radius 1 is 1.10 bits per heavy atom. The molecule has 0 atom stereocenters. The first-order chi connectivity index (χ1) is 14.8. The van der Waals surface area contributed by atoms with E-state index in [0.717, 1.165) is 38.4 Å². The van der Waals surface area contributed by atoms with E-state index in [2.05, 4.69) is 10.6 Å². The highest BCUT2D eigenvalue weighted by molar-refractivity contribution is 7.80. The van der Waals surface area contributed by atoms with Crippen molar-refractivity contribution in [1.82, 2.24) is 5.32 Å². The summed E-state index contributed by atoms with van der Waals surface area (Å²) in [4.78, 5) is 36.5. The molecule has 162 valence electrons. The van der Waals surface area contributed by atoms with E-state index in [1.54, 1.807) is 6.07 Å². The fraction of sp³-hybridized carbons (Fsp3) is 0.250. The number of carbonyl (C=O) groups is 2. The van der Waals surface area contributed by atoms with Crippen LogP contribution in [0.2, 0.25) is 0 Å². The van der Waals surface area contributed by atoms with E-state index >= 15 is 0 Å². The maximum atomic E-state index is 12.5. The number of nitrogens with one attached hydrogen (secondary N) is 2. The number of aromatic hydroxyl groups is 1. The molecule has 1 aliphatic heterocycles. The lowest BCUT2D eigenvalue weighted by Crippen LogP contribution is -2.34. The molecule has 4 N–H and O–H groups in total. The van der Waals surface area contributed by atoms with Crippen LogP contribution in [-0.4, -0.2) is 45.2 Å². The number of nitro benzene ring substituents is 1. The zero-order valence-electron chi connectivity index (χ0n) is 16.3. The Labute approximate surface area is 182 Å². The average Bonchev–Trinajstić information content (AvgIpc) is 2.73. The molecule has 1 aliphatic rings. The van der Waals surface area contributed by atoms with Gasteiger partial charge < -0.3 is 20.4 Å². The Bertz CT molecular complexity index is 1050. The predicted octanol–water partition coefficient (Wildman–Crippen LogP) is 3.12. The number of benzene rings is 2. The first kappa shape index (κ1) is 22.0. The first-order valence-corrected chi connectivity index (χ1v) is 9.89. The molecular weight excluding hydrogens is 424 g/mol. The number of rotatable bonds is 5. The Morgan fingerprint density at radius 3 is 2.42 bits per heavy atom. The maximum absolute atomic E-state index is 12.5. The maximum Gasteiger partial charge on any atom is 0.339 e. The standard InChI is InChI=1S/C20H20N4O6S/c25-17-11-13(5-6-14(17)19(27)28)21-20(31)22-18(26)12-4-7-15(16(10-12)24(29)30)23-8-2-1-3-9-23/h4-7,10-11,25H,1-3,8-9H2,(H,27,28)(H2,21,22,26,31). The van der Waals surface area contributed by atoms with Crippen molar-refractivity contribution in [2.75, 3.05) is 23.3 Å². The topological polar surface area (TPSA) is 145 Å². The number of hydrogen-bond acceptors (Lipinski definition) is 7.